The van der Waals surface area contributed by atoms with Crippen LogP contribution in [0, 0.1) is 0 Å². The SMILES string of the molecule is COc1ccc(CN2CCCN(C)CC2C)cc1C(=O)O. The molecule has 1 atom stereocenters. The second-order valence-electron chi connectivity index (χ2n) is 5.78. The Morgan fingerprint density at radius 1 is 1.43 bits per heavy atom. The summed E-state index contributed by atoms with van der Waals surface area (Å²) in [4.78, 5) is 16.0. The second kappa shape index (κ2) is 6.91. The number of hydrogen-bond acceptors (Lipinski definition) is 4. The molecule has 1 aromatic rings. The first-order valence-electron chi connectivity index (χ1n) is 7.34. The van der Waals surface area contributed by atoms with Crippen molar-refractivity contribution in [3.8, 4) is 5.75 Å². The van der Waals surface area contributed by atoms with Gasteiger partial charge in [0.05, 0.1) is 7.11 Å². The van der Waals surface area contributed by atoms with Gasteiger partial charge >= 0.3 is 5.97 Å². The van der Waals surface area contributed by atoms with Crippen molar-refractivity contribution >= 4 is 5.97 Å². The average Bonchev–Trinajstić information content (AvgIpc) is 2.60. The zero-order valence-electron chi connectivity index (χ0n) is 13.0. The van der Waals surface area contributed by atoms with Crippen LogP contribution in [-0.2, 0) is 6.54 Å². The van der Waals surface area contributed by atoms with Gasteiger partial charge in [0.2, 0.25) is 0 Å². The molecule has 1 aliphatic rings. The van der Waals surface area contributed by atoms with E-state index < -0.39 is 5.97 Å². The fourth-order valence-electron chi connectivity index (χ4n) is 2.91. The lowest BCUT2D eigenvalue weighted by Crippen LogP contribution is -2.37. The summed E-state index contributed by atoms with van der Waals surface area (Å²) in [6.45, 7) is 6.20. The number of aromatic carboxylic acids is 1. The predicted molar refractivity (Wildman–Crippen MR) is 81.9 cm³/mol. The van der Waals surface area contributed by atoms with Crippen molar-refractivity contribution in [2.45, 2.75) is 25.9 Å². The first-order valence-corrected chi connectivity index (χ1v) is 7.34. The lowest BCUT2D eigenvalue weighted by Gasteiger charge is -2.28. The van der Waals surface area contributed by atoms with Crippen LogP contribution < -0.4 is 4.74 Å². The number of carbonyl (C=O) groups is 1. The topological polar surface area (TPSA) is 53.0 Å². The molecule has 1 aliphatic heterocycles. The largest absolute Gasteiger partial charge is 0.496 e. The molecule has 1 N–H and O–H groups in total. The molecule has 5 heteroatoms. The Labute approximate surface area is 126 Å². The summed E-state index contributed by atoms with van der Waals surface area (Å²) in [5.74, 6) is -0.535. The van der Waals surface area contributed by atoms with Crippen molar-refractivity contribution in [1.82, 2.24) is 9.80 Å². The van der Waals surface area contributed by atoms with Gasteiger partial charge in [-0.1, -0.05) is 6.07 Å². The molecule has 0 radical (unpaired) electrons. The molecule has 0 aliphatic carbocycles. The number of rotatable bonds is 4. The third-order valence-electron chi connectivity index (χ3n) is 4.06. The molecule has 116 valence electrons. The van der Waals surface area contributed by atoms with Crippen molar-refractivity contribution in [3.63, 3.8) is 0 Å². The van der Waals surface area contributed by atoms with Crippen molar-refractivity contribution in [1.29, 1.82) is 0 Å². The van der Waals surface area contributed by atoms with E-state index in [1.807, 2.05) is 6.07 Å². The van der Waals surface area contributed by atoms with Gasteiger partial charge in [-0.3, -0.25) is 4.90 Å². The lowest BCUT2D eigenvalue weighted by molar-refractivity contribution is 0.0693. The van der Waals surface area contributed by atoms with E-state index in [2.05, 4.69) is 23.8 Å². The maximum absolute atomic E-state index is 11.3. The third kappa shape index (κ3) is 3.95. The van der Waals surface area contributed by atoms with Crippen LogP contribution in [0.15, 0.2) is 18.2 Å². The molecule has 1 aromatic carbocycles. The number of carboxylic acids is 1. The predicted octanol–water partition coefficient (Wildman–Crippen LogP) is 1.92. The minimum absolute atomic E-state index is 0.231. The summed E-state index contributed by atoms with van der Waals surface area (Å²) in [6, 6.07) is 5.88. The quantitative estimate of drug-likeness (QED) is 0.919. The summed E-state index contributed by atoms with van der Waals surface area (Å²) in [5, 5.41) is 9.26. The van der Waals surface area contributed by atoms with Gasteiger partial charge in [-0.25, -0.2) is 4.79 Å². The summed E-state index contributed by atoms with van der Waals surface area (Å²) in [5.41, 5.74) is 1.25. The van der Waals surface area contributed by atoms with E-state index in [0.29, 0.717) is 11.8 Å². The highest BCUT2D eigenvalue weighted by Crippen LogP contribution is 2.22. The Balaban J connectivity index is 2.15. The molecule has 0 amide bonds. The van der Waals surface area contributed by atoms with Crippen LogP contribution in [-0.4, -0.2) is 60.7 Å². The molecule has 1 saturated heterocycles. The standard InChI is InChI=1S/C16H24N2O3/c1-12-10-17(2)7-4-8-18(12)11-13-5-6-15(21-3)14(9-13)16(19)20/h5-6,9,12H,4,7-8,10-11H2,1-3H3,(H,19,20). The summed E-state index contributed by atoms with van der Waals surface area (Å²) < 4.78 is 5.11. The van der Waals surface area contributed by atoms with E-state index >= 15 is 0 Å². The van der Waals surface area contributed by atoms with Gasteiger partial charge in [0.1, 0.15) is 11.3 Å². The number of likely N-dealkylation sites (N-methyl/N-ethyl adjacent to an activating group) is 1. The van der Waals surface area contributed by atoms with Gasteiger partial charge < -0.3 is 14.7 Å². The highest BCUT2D eigenvalue weighted by molar-refractivity contribution is 5.91. The molecule has 5 nitrogen and oxygen atoms in total. The minimum Gasteiger partial charge on any atom is -0.496 e. The fourth-order valence-corrected chi connectivity index (χ4v) is 2.91. The molecule has 1 fully saturated rings. The van der Waals surface area contributed by atoms with Gasteiger partial charge in [-0.05, 0) is 44.6 Å². The Hall–Kier alpha value is -1.59. The Morgan fingerprint density at radius 3 is 2.86 bits per heavy atom. The number of nitrogens with zero attached hydrogens (tertiary/aromatic N) is 2. The van der Waals surface area contributed by atoms with Crippen LogP contribution in [0.2, 0.25) is 0 Å². The van der Waals surface area contributed by atoms with Crippen molar-refractivity contribution in [2.75, 3.05) is 33.8 Å². The Bertz CT molecular complexity index is 504. The molecule has 2 rings (SSSR count). The number of methoxy groups -OCH3 is 1. The van der Waals surface area contributed by atoms with Gasteiger partial charge in [-0.2, -0.15) is 0 Å². The van der Waals surface area contributed by atoms with Gasteiger partial charge in [0.25, 0.3) is 0 Å². The van der Waals surface area contributed by atoms with Crippen LogP contribution in [0.25, 0.3) is 0 Å². The van der Waals surface area contributed by atoms with E-state index in [0.717, 1.165) is 38.2 Å². The first kappa shape index (κ1) is 15.8. The van der Waals surface area contributed by atoms with Crippen molar-refractivity contribution in [3.05, 3.63) is 29.3 Å². The summed E-state index contributed by atoms with van der Waals surface area (Å²) in [7, 11) is 3.64. The Kier molecular flexibility index (Phi) is 5.20. The second-order valence-corrected chi connectivity index (χ2v) is 5.78. The number of hydrogen-bond donors (Lipinski definition) is 1. The summed E-state index contributed by atoms with van der Waals surface area (Å²) in [6.07, 6.45) is 1.14. The van der Waals surface area contributed by atoms with Crippen LogP contribution >= 0.6 is 0 Å². The molecule has 21 heavy (non-hydrogen) atoms. The first-order chi connectivity index (χ1) is 10.0. The van der Waals surface area contributed by atoms with E-state index in [1.54, 1.807) is 12.1 Å². The van der Waals surface area contributed by atoms with Gasteiger partial charge in [0.15, 0.2) is 0 Å². The molecule has 0 spiro atoms. The number of ether oxygens (including phenoxy) is 1. The summed E-state index contributed by atoms with van der Waals surface area (Å²) >= 11 is 0. The monoisotopic (exact) mass is 292 g/mol. The van der Waals surface area contributed by atoms with E-state index in [4.69, 9.17) is 4.74 Å². The number of carboxylic acid groups (broad SMARTS) is 1. The number of benzene rings is 1. The minimum atomic E-state index is -0.947. The van der Waals surface area contributed by atoms with E-state index in [1.165, 1.54) is 7.11 Å². The van der Waals surface area contributed by atoms with Gasteiger partial charge in [-0.15, -0.1) is 0 Å². The van der Waals surface area contributed by atoms with Crippen molar-refractivity contribution in [2.24, 2.45) is 0 Å². The average molecular weight is 292 g/mol. The zero-order valence-corrected chi connectivity index (χ0v) is 13.0. The molecular weight excluding hydrogens is 268 g/mol. The molecule has 1 heterocycles. The van der Waals surface area contributed by atoms with Crippen molar-refractivity contribution < 1.29 is 14.6 Å². The zero-order chi connectivity index (χ0) is 15.4. The molecule has 1 unspecified atom stereocenters. The smallest absolute Gasteiger partial charge is 0.339 e. The van der Waals surface area contributed by atoms with Crippen LogP contribution in [0.5, 0.6) is 5.75 Å². The molecular formula is C16H24N2O3. The highest BCUT2D eigenvalue weighted by atomic mass is 16.5. The normalized spacial score (nSPS) is 21.0. The third-order valence-corrected chi connectivity index (χ3v) is 4.06. The lowest BCUT2D eigenvalue weighted by atomic mass is 10.1. The fraction of sp³-hybridized carbons (Fsp3) is 0.562. The van der Waals surface area contributed by atoms with Gasteiger partial charge in [0, 0.05) is 25.7 Å². The van der Waals surface area contributed by atoms with Crippen LogP contribution in [0.1, 0.15) is 29.3 Å². The maximum atomic E-state index is 11.3. The molecule has 0 saturated carbocycles. The Morgan fingerprint density at radius 2 is 2.19 bits per heavy atom. The molecule has 0 aromatic heterocycles. The molecule has 0 bridgehead atoms. The van der Waals surface area contributed by atoms with Crippen LogP contribution in [0.3, 0.4) is 0 Å². The van der Waals surface area contributed by atoms with E-state index in [9.17, 15) is 9.90 Å². The van der Waals surface area contributed by atoms with E-state index in [-0.39, 0.29) is 5.56 Å². The van der Waals surface area contributed by atoms with Crippen LogP contribution in [0.4, 0.5) is 0 Å². The highest BCUT2D eigenvalue weighted by Gasteiger charge is 2.20. The maximum Gasteiger partial charge on any atom is 0.339 e.